The molecular formula is C11H21ClN2O2S. The minimum atomic E-state index is -3.30. The zero-order valence-electron chi connectivity index (χ0n) is 10.3. The van der Waals surface area contributed by atoms with Crippen LogP contribution >= 0.6 is 11.6 Å². The average molecular weight is 281 g/mol. The second-order valence-corrected chi connectivity index (χ2v) is 7.27. The molecular weight excluding hydrogens is 260 g/mol. The van der Waals surface area contributed by atoms with Gasteiger partial charge < -0.3 is 0 Å². The summed E-state index contributed by atoms with van der Waals surface area (Å²) in [5.74, 6) is 0.401. The normalized spacial score (nSPS) is 28.3. The monoisotopic (exact) mass is 280 g/mol. The molecule has 0 aromatic heterocycles. The predicted octanol–water partition coefficient (Wildman–Crippen LogP) is 1.81. The van der Waals surface area contributed by atoms with E-state index in [1.165, 1.54) is 0 Å². The molecule has 100 valence electrons. The van der Waals surface area contributed by atoms with Gasteiger partial charge in [-0.05, 0) is 25.7 Å². The highest BCUT2D eigenvalue weighted by Gasteiger charge is 2.38. The van der Waals surface area contributed by atoms with Crippen LogP contribution in [0.4, 0.5) is 0 Å². The summed E-state index contributed by atoms with van der Waals surface area (Å²) in [4.78, 5) is 0. The highest BCUT2D eigenvalue weighted by molar-refractivity contribution is 7.86. The number of hydrogen-bond donors (Lipinski definition) is 0. The second kappa shape index (κ2) is 5.43. The Morgan fingerprint density at radius 1 is 1.24 bits per heavy atom. The summed E-state index contributed by atoms with van der Waals surface area (Å²) in [6.07, 6.45) is 6.05. The number of nitrogens with zero attached hydrogens (tertiary/aromatic N) is 2. The van der Waals surface area contributed by atoms with Crippen molar-refractivity contribution in [2.75, 3.05) is 19.5 Å². The Morgan fingerprint density at radius 3 is 2.47 bits per heavy atom. The van der Waals surface area contributed by atoms with Gasteiger partial charge >= 0.3 is 0 Å². The quantitative estimate of drug-likeness (QED) is 0.737. The fraction of sp³-hybridized carbons (Fsp3) is 1.00. The average Bonchev–Trinajstić information content (AvgIpc) is 2.26. The lowest BCUT2D eigenvalue weighted by Gasteiger charge is -2.40. The van der Waals surface area contributed by atoms with Crippen molar-refractivity contribution in [1.82, 2.24) is 8.61 Å². The van der Waals surface area contributed by atoms with Crippen molar-refractivity contribution in [3.8, 4) is 0 Å². The molecule has 0 bridgehead atoms. The smallest absolute Gasteiger partial charge is 0.195 e. The van der Waals surface area contributed by atoms with Gasteiger partial charge in [0.1, 0.15) is 0 Å². The van der Waals surface area contributed by atoms with Crippen molar-refractivity contribution in [1.29, 1.82) is 0 Å². The zero-order chi connectivity index (χ0) is 12.5. The van der Waals surface area contributed by atoms with E-state index in [9.17, 15) is 8.42 Å². The number of halogens is 1. The Morgan fingerprint density at radius 2 is 1.94 bits per heavy atom. The topological polar surface area (TPSA) is 40.6 Å². The summed E-state index contributed by atoms with van der Waals surface area (Å²) in [5, 5.41) is 0. The molecule has 0 N–H and O–H groups in total. The van der Waals surface area contributed by atoms with E-state index in [1.54, 1.807) is 15.7 Å². The highest BCUT2D eigenvalue weighted by Crippen LogP contribution is 2.29. The van der Waals surface area contributed by atoms with E-state index in [-0.39, 0.29) is 12.1 Å². The van der Waals surface area contributed by atoms with Gasteiger partial charge in [0.2, 0.25) is 0 Å². The molecule has 0 aromatic rings. The van der Waals surface area contributed by atoms with Gasteiger partial charge in [-0.2, -0.15) is 17.0 Å². The second-order valence-electron chi connectivity index (χ2n) is 5.02. The van der Waals surface area contributed by atoms with E-state index in [1.807, 2.05) is 0 Å². The van der Waals surface area contributed by atoms with Crippen LogP contribution < -0.4 is 0 Å². The van der Waals surface area contributed by atoms with Gasteiger partial charge in [0.15, 0.2) is 0 Å². The molecule has 0 radical (unpaired) electrons. The molecule has 1 aliphatic carbocycles. The summed E-state index contributed by atoms with van der Waals surface area (Å²) in [5.41, 5.74) is 0. The van der Waals surface area contributed by atoms with E-state index in [0.29, 0.717) is 12.4 Å². The standard InChI is InChI=1S/C11H21ClN2O2S/c1-13(10-6-4-7-10)17(15,16)14-8-3-2-5-11(14)9-12/h10-11H,2-9H2,1H3. The van der Waals surface area contributed by atoms with Crippen molar-refractivity contribution in [2.24, 2.45) is 0 Å². The van der Waals surface area contributed by atoms with Crippen LogP contribution in [0.15, 0.2) is 0 Å². The van der Waals surface area contributed by atoms with Gasteiger partial charge in [0.25, 0.3) is 10.2 Å². The molecule has 0 amide bonds. The van der Waals surface area contributed by atoms with Gasteiger partial charge in [-0.1, -0.05) is 12.8 Å². The van der Waals surface area contributed by atoms with Crippen LogP contribution in [0.3, 0.4) is 0 Å². The first-order valence-corrected chi connectivity index (χ1v) is 8.31. The number of hydrogen-bond acceptors (Lipinski definition) is 2. The first-order valence-electron chi connectivity index (χ1n) is 6.38. The molecule has 4 nitrogen and oxygen atoms in total. The van der Waals surface area contributed by atoms with Crippen LogP contribution in [0.5, 0.6) is 0 Å². The molecule has 1 saturated heterocycles. The van der Waals surface area contributed by atoms with Gasteiger partial charge in [0, 0.05) is 31.6 Å². The molecule has 2 aliphatic rings. The van der Waals surface area contributed by atoms with Crippen LogP contribution in [0.2, 0.25) is 0 Å². The molecule has 2 rings (SSSR count). The predicted molar refractivity (Wildman–Crippen MR) is 69.4 cm³/mol. The van der Waals surface area contributed by atoms with E-state index >= 15 is 0 Å². The zero-order valence-corrected chi connectivity index (χ0v) is 11.9. The third kappa shape index (κ3) is 2.62. The maximum Gasteiger partial charge on any atom is 0.282 e. The Bertz CT molecular complexity index is 356. The number of rotatable bonds is 4. The van der Waals surface area contributed by atoms with Crippen molar-refractivity contribution in [2.45, 2.75) is 50.6 Å². The summed E-state index contributed by atoms with van der Waals surface area (Å²) in [7, 11) is -1.59. The van der Waals surface area contributed by atoms with Gasteiger partial charge in [-0.3, -0.25) is 0 Å². The Balaban J connectivity index is 2.11. The molecule has 17 heavy (non-hydrogen) atoms. The van der Waals surface area contributed by atoms with E-state index in [0.717, 1.165) is 38.5 Å². The fourth-order valence-electron chi connectivity index (χ4n) is 2.54. The van der Waals surface area contributed by atoms with Crippen molar-refractivity contribution < 1.29 is 8.42 Å². The van der Waals surface area contributed by atoms with Gasteiger partial charge in [-0.15, -0.1) is 11.6 Å². The fourth-order valence-corrected chi connectivity index (χ4v) is 4.77. The Labute approximate surface area is 109 Å². The maximum atomic E-state index is 12.5. The van der Waals surface area contributed by atoms with Gasteiger partial charge in [0.05, 0.1) is 0 Å². The Kier molecular flexibility index (Phi) is 4.34. The SMILES string of the molecule is CN(C1CCC1)S(=O)(=O)N1CCCCC1CCl. The highest BCUT2D eigenvalue weighted by atomic mass is 35.5. The largest absolute Gasteiger partial charge is 0.282 e. The lowest BCUT2D eigenvalue weighted by molar-refractivity contribution is 0.206. The first-order chi connectivity index (χ1) is 8.07. The van der Waals surface area contributed by atoms with E-state index in [4.69, 9.17) is 11.6 Å². The number of piperidine rings is 1. The van der Waals surface area contributed by atoms with Crippen molar-refractivity contribution >= 4 is 21.8 Å². The molecule has 1 unspecified atom stereocenters. The molecule has 1 aliphatic heterocycles. The molecule has 1 saturated carbocycles. The van der Waals surface area contributed by atoms with Crippen LogP contribution in [0.25, 0.3) is 0 Å². The van der Waals surface area contributed by atoms with Crippen LogP contribution in [-0.4, -0.2) is 48.6 Å². The minimum Gasteiger partial charge on any atom is -0.195 e. The Hall–Kier alpha value is 0.160. The molecule has 2 fully saturated rings. The maximum absolute atomic E-state index is 12.5. The molecule has 1 heterocycles. The van der Waals surface area contributed by atoms with Crippen molar-refractivity contribution in [3.05, 3.63) is 0 Å². The van der Waals surface area contributed by atoms with Crippen LogP contribution in [-0.2, 0) is 10.2 Å². The summed E-state index contributed by atoms with van der Waals surface area (Å²) in [6, 6.07) is 0.191. The van der Waals surface area contributed by atoms with E-state index < -0.39 is 10.2 Å². The van der Waals surface area contributed by atoms with Crippen LogP contribution in [0.1, 0.15) is 38.5 Å². The third-order valence-corrected chi connectivity index (χ3v) is 6.46. The summed E-state index contributed by atoms with van der Waals surface area (Å²) >= 11 is 5.89. The molecule has 6 heteroatoms. The lowest BCUT2D eigenvalue weighted by atomic mass is 9.94. The first kappa shape index (κ1) is 13.6. The lowest BCUT2D eigenvalue weighted by Crippen LogP contribution is -2.53. The summed E-state index contributed by atoms with van der Waals surface area (Å²) < 4.78 is 28.1. The molecule has 0 aromatic carbocycles. The molecule has 1 atom stereocenters. The van der Waals surface area contributed by atoms with Crippen LogP contribution in [0, 0.1) is 0 Å². The molecule has 0 spiro atoms. The summed E-state index contributed by atoms with van der Waals surface area (Å²) in [6.45, 7) is 0.622. The van der Waals surface area contributed by atoms with Gasteiger partial charge in [-0.25, -0.2) is 0 Å². The minimum absolute atomic E-state index is 0.0158. The van der Waals surface area contributed by atoms with E-state index in [2.05, 4.69) is 0 Å². The third-order valence-electron chi connectivity index (χ3n) is 4.00. The number of alkyl halides is 1. The van der Waals surface area contributed by atoms with Crippen molar-refractivity contribution in [3.63, 3.8) is 0 Å².